The van der Waals surface area contributed by atoms with E-state index < -0.39 is 6.29 Å². The summed E-state index contributed by atoms with van der Waals surface area (Å²) < 4.78 is 4.90. The molecule has 0 radical (unpaired) electrons. The van der Waals surface area contributed by atoms with Gasteiger partial charge in [0.05, 0.1) is 6.54 Å². The summed E-state index contributed by atoms with van der Waals surface area (Å²) >= 11 is 0. The van der Waals surface area contributed by atoms with Crippen LogP contribution in [-0.2, 0) is 9.53 Å². The molecule has 1 unspecified atom stereocenters. The maximum absolute atomic E-state index is 11.0. The van der Waals surface area contributed by atoms with Crippen LogP contribution in [0.25, 0.3) is 0 Å². The van der Waals surface area contributed by atoms with E-state index in [4.69, 9.17) is 16.3 Å². The lowest BCUT2D eigenvalue weighted by Crippen LogP contribution is -2.23. The van der Waals surface area contributed by atoms with Crippen molar-refractivity contribution in [2.24, 2.45) is 0 Å². The van der Waals surface area contributed by atoms with Gasteiger partial charge in [-0.05, 0) is 19.8 Å². The number of aliphatic hydroxyl groups excluding tert-OH is 1. The Hall–Kier alpha value is -1.05. The molecular formula is C10H17NO3. The Bertz CT molecular complexity index is 196. The quantitative estimate of drug-likeness (QED) is 0.351. The molecule has 4 nitrogen and oxygen atoms in total. The Morgan fingerprint density at radius 2 is 2.36 bits per heavy atom. The number of carbonyl (C=O) groups excluding carboxylic acids is 1. The van der Waals surface area contributed by atoms with E-state index in [2.05, 4.69) is 11.2 Å². The van der Waals surface area contributed by atoms with Crippen molar-refractivity contribution in [3.63, 3.8) is 0 Å². The highest BCUT2D eigenvalue weighted by Gasteiger charge is 1.99. The van der Waals surface area contributed by atoms with Crippen molar-refractivity contribution in [3.8, 4) is 12.3 Å². The Labute approximate surface area is 84.6 Å². The molecule has 1 atom stereocenters. The van der Waals surface area contributed by atoms with Crippen molar-refractivity contribution < 1.29 is 14.6 Å². The molecule has 0 spiro atoms. The van der Waals surface area contributed by atoms with E-state index in [0.29, 0.717) is 13.0 Å². The van der Waals surface area contributed by atoms with E-state index in [9.17, 15) is 4.79 Å². The molecule has 2 N–H and O–H groups in total. The summed E-state index contributed by atoms with van der Waals surface area (Å²) in [4.78, 5) is 11.0. The van der Waals surface area contributed by atoms with Gasteiger partial charge in [0.2, 0.25) is 5.91 Å². The highest BCUT2D eigenvalue weighted by atomic mass is 16.6. The summed E-state index contributed by atoms with van der Waals surface area (Å²) in [5.41, 5.74) is 0. The van der Waals surface area contributed by atoms with E-state index in [1.165, 1.54) is 0 Å². The van der Waals surface area contributed by atoms with E-state index in [1.807, 2.05) is 0 Å². The first kappa shape index (κ1) is 12.9. The number of terminal acetylenes is 1. The molecule has 0 saturated heterocycles. The van der Waals surface area contributed by atoms with Gasteiger partial charge in [0.15, 0.2) is 6.29 Å². The van der Waals surface area contributed by atoms with E-state index in [0.717, 1.165) is 12.8 Å². The van der Waals surface area contributed by atoms with Gasteiger partial charge in [0.1, 0.15) is 0 Å². The monoisotopic (exact) mass is 199 g/mol. The number of carbonyl (C=O) groups is 1. The number of unbranched alkanes of at least 4 members (excludes halogenated alkanes) is 1. The molecule has 14 heavy (non-hydrogen) atoms. The largest absolute Gasteiger partial charge is 0.368 e. The SMILES string of the molecule is C#CCNC(=O)CCCCOC(C)O. The molecule has 1 amide bonds. The first-order valence-corrected chi connectivity index (χ1v) is 4.66. The minimum Gasteiger partial charge on any atom is -0.368 e. The van der Waals surface area contributed by atoms with Gasteiger partial charge in [0, 0.05) is 13.0 Å². The van der Waals surface area contributed by atoms with Crippen LogP contribution in [0.1, 0.15) is 26.2 Å². The summed E-state index contributed by atoms with van der Waals surface area (Å²) in [6.45, 7) is 2.31. The van der Waals surface area contributed by atoms with E-state index in [-0.39, 0.29) is 12.5 Å². The normalized spacial score (nSPS) is 11.8. The smallest absolute Gasteiger partial charge is 0.220 e. The Morgan fingerprint density at radius 1 is 1.64 bits per heavy atom. The van der Waals surface area contributed by atoms with Crippen molar-refractivity contribution >= 4 is 5.91 Å². The number of aliphatic hydroxyl groups is 1. The zero-order valence-corrected chi connectivity index (χ0v) is 8.45. The van der Waals surface area contributed by atoms with Crippen LogP contribution in [0, 0.1) is 12.3 Å². The van der Waals surface area contributed by atoms with Gasteiger partial charge in [-0.3, -0.25) is 4.79 Å². The highest BCUT2D eigenvalue weighted by molar-refractivity contribution is 5.76. The van der Waals surface area contributed by atoms with Crippen molar-refractivity contribution in [2.75, 3.05) is 13.2 Å². The van der Waals surface area contributed by atoms with E-state index >= 15 is 0 Å². The summed E-state index contributed by atoms with van der Waals surface area (Å²) in [6.07, 6.45) is 6.19. The molecule has 0 saturated carbocycles. The van der Waals surface area contributed by atoms with Crippen molar-refractivity contribution in [1.82, 2.24) is 5.32 Å². The van der Waals surface area contributed by atoms with Crippen LogP contribution in [0.3, 0.4) is 0 Å². The van der Waals surface area contributed by atoms with Crippen LogP contribution in [0.5, 0.6) is 0 Å². The predicted molar refractivity (Wildman–Crippen MR) is 53.3 cm³/mol. The fraction of sp³-hybridized carbons (Fsp3) is 0.700. The molecule has 0 bridgehead atoms. The third kappa shape index (κ3) is 9.04. The minimum absolute atomic E-state index is 0.0417. The molecule has 80 valence electrons. The zero-order chi connectivity index (χ0) is 10.8. The number of nitrogens with one attached hydrogen (secondary N) is 1. The van der Waals surface area contributed by atoms with Crippen molar-refractivity contribution in [1.29, 1.82) is 0 Å². The van der Waals surface area contributed by atoms with Crippen LogP contribution in [0.15, 0.2) is 0 Å². The third-order valence-corrected chi connectivity index (χ3v) is 1.54. The molecule has 0 aliphatic rings. The maximum Gasteiger partial charge on any atom is 0.220 e. The van der Waals surface area contributed by atoms with Crippen LogP contribution < -0.4 is 5.32 Å². The summed E-state index contributed by atoms with van der Waals surface area (Å²) in [5, 5.41) is 11.3. The highest BCUT2D eigenvalue weighted by Crippen LogP contribution is 1.97. The second kappa shape index (κ2) is 8.54. The molecule has 0 aliphatic heterocycles. The number of hydrogen-bond donors (Lipinski definition) is 2. The number of hydrogen-bond acceptors (Lipinski definition) is 3. The summed E-state index contributed by atoms with van der Waals surface area (Å²) in [5.74, 6) is 2.28. The lowest BCUT2D eigenvalue weighted by Gasteiger charge is -2.05. The topological polar surface area (TPSA) is 58.6 Å². The standard InChI is InChI=1S/C10H17NO3/c1-3-7-11-10(13)6-4-5-8-14-9(2)12/h1,9,12H,4-8H2,2H3,(H,11,13). The lowest BCUT2D eigenvalue weighted by molar-refractivity contribution is -0.121. The van der Waals surface area contributed by atoms with Gasteiger partial charge < -0.3 is 15.2 Å². The van der Waals surface area contributed by atoms with Crippen molar-refractivity contribution in [2.45, 2.75) is 32.5 Å². The first-order chi connectivity index (χ1) is 6.66. The van der Waals surface area contributed by atoms with Gasteiger partial charge in [-0.1, -0.05) is 5.92 Å². The van der Waals surface area contributed by atoms with Crippen LogP contribution in [0.2, 0.25) is 0 Å². The number of rotatable bonds is 7. The summed E-state index contributed by atoms with van der Waals surface area (Å²) in [6, 6.07) is 0. The minimum atomic E-state index is -0.731. The molecular weight excluding hydrogens is 182 g/mol. The van der Waals surface area contributed by atoms with Gasteiger partial charge in [-0.25, -0.2) is 0 Å². The van der Waals surface area contributed by atoms with E-state index in [1.54, 1.807) is 6.92 Å². The Morgan fingerprint density at radius 3 is 2.93 bits per heavy atom. The van der Waals surface area contributed by atoms with Gasteiger partial charge >= 0.3 is 0 Å². The third-order valence-electron chi connectivity index (χ3n) is 1.54. The predicted octanol–water partition coefficient (Wildman–Crippen LogP) is 0.261. The number of ether oxygens (including phenoxy) is 1. The zero-order valence-electron chi connectivity index (χ0n) is 8.45. The average Bonchev–Trinajstić information content (AvgIpc) is 2.13. The Balaban J connectivity index is 3.20. The Kier molecular flexibility index (Phi) is 7.90. The molecule has 0 aromatic heterocycles. The van der Waals surface area contributed by atoms with Gasteiger partial charge in [0.25, 0.3) is 0 Å². The molecule has 4 heteroatoms. The second-order valence-corrected chi connectivity index (χ2v) is 2.91. The van der Waals surface area contributed by atoms with Gasteiger partial charge in [-0.15, -0.1) is 6.42 Å². The molecule has 0 heterocycles. The van der Waals surface area contributed by atoms with Crippen molar-refractivity contribution in [3.05, 3.63) is 0 Å². The van der Waals surface area contributed by atoms with Crippen LogP contribution in [-0.4, -0.2) is 30.5 Å². The fourth-order valence-electron chi connectivity index (χ4n) is 0.880. The molecule has 0 aromatic rings. The second-order valence-electron chi connectivity index (χ2n) is 2.91. The molecule has 0 rings (SSSR count). The lowest BCUT2D eigenvalue weighted by atomic mass is 10.2. The molecule has 0 aliphatic carbocycles. The first-order valence-electron chi connectivity index (χ1n) is 4.66. The van der Waals surface area contributed by atoms with Crippen LogP contribution in [0.4, 0.5) is 0 Å². The maximum atomic E-state index is 11.0. The number of amides is 1. The fourth-order valence-corrected chi connectivity index (χ4v) is 0.880. The van der Waals surface area contributed by atoms with Gasteiger partial charge in [-0.2, -0.15) is 0 Å². The van der Waals surface area contributed by atoms with Crippen LogP contribution >= 0.6 is 0 Å². The molecule has 0 fully saturated rings. The molecule has 0 aromatic carbocycles. The average molecular weight is 199 g/mol. The summed E-state index contributed by atoms with van der Waals surface area (Å²) in [7, 11) is 0.